The lowest BCUT2D eigenvalue weighted by Gasteiger charge is -2.22. The molecule has 2 N–H and O–H groups in total. The Morgan fingerprint density at radius 1 is 1.05 bits per heavy atom. The number of nitrogen functional groups attached to an aromatic ring is 1. The van der Waals surface area contributed by atoms with Gasteiger partial charge >= 0.3 is 6.18 Å². The third kappa shape index (κ3) is 3.68. The molecule has 0 bridgehead atoms. The van der Waals surface area contributed by atoms with Crippen molar-refractivity contribution in [3.05, 3.63) is 59.2 Å². The third-order valence-corrected chi connectivity index (χ3v) is 3.32. The number of halogens is 3. The molecule has 0 aliphatic rings. The van der Waals surface area contributed by atoms with Gasteiger partial charge in [-0.05, 0) is 36.8 Å². The van der Waals surface area contributed by atoms with Crippen molar-refractivity contribution in [2.24, 2.45) is 0 Å². The van der Waals surface area contributed by atoms with Crippen LogP contribution in [0.3, 0.4) is 0 Å². The van der Waals surface area contributed by atoms with E-state index in [1.807, 2.05) is 31.2 Å². The van der Waals surface area contributed by atoms with Gasteiger partial charge < -0.3 is 10.6 Å². The van der Waals surface area contributed by atoms with E-state index in [-0.39, 0.29) is 17.8 Å². The first kappa shape index (κ1) is 15.2. The van der Waals surface area contributed by atoms with Gasteiger partial charge in [0.2, 0.25) is 0 Å². The minimum atomic E-state index is -4.40. The van der Waals surface area contributed by atoms with E-state index in [0.717, 1.165) is 17.3 Å². The Bertz CT molecular complexity index is 618. The second-order valence-corrected chi connectivity index (χ2v) is 5.11. The van der Waals surface area contributed by atoms with Crippen molar-refractivity contribution >= 4 is 11.4 Å². The number of hydrogen-bond donors (Lipinski definition) is 1. The molecular weight excluding hydrogens is 277 g/mol. The summed E-state index contributed by atoms with van der Waals surface area (Å²) in [5.41, 5.74) is 7.09. The summed E-state index contributed by atoms with van der Waals surface area (Å²) in [6, 6.07) is 11.5. The van der Waals surface area contributed by atoms with Crippen LogP contribution in [0.25, 0.3) is 0 Å². The van der Waals surface area contributed by atoms with E-state index >= 15 is 0 Å². The van der Waals surface area contributed by atoms with Gasteiger partial charge in [-0.2, -0.15) is 13.2 Å². The van der Waals surface area contributed by atoms with Crippen LogP contribution >= 0.6 is 0 Å². The molecule has 0 aliphatic carbocycles. The van der Waals surface area contributed by atoms with Crippen LogP contribution in [0.2, 0.25) is 0 Å². The first-order valence-corrected chi connectivity index (χ1v) is 6.51. The maximum Gasteiger partial charge on any atom is 0.416 e. The summed E-state index contributed by atoms with van der Waals surface area (Å²) in [7, 11) is 1.77. The fraction of sp³-hybridized carbons (Fsp3) is 0.250. The lowest BCUT2D eigenvalue weighted by molar-refractivity contribution is -0.138. The smallest absolute Gasteiger partial charge is 0.399 e. The second kappa shape index (κ2) is 5.68. The first-order valence-electron chi connectivity index (χ1n) is 6.51. The molecule has 0 saturated carbocycles. The van der Waals surface area contributed by atoms with Gasteiger partial charge in [0.1, 0.15) is 0 Å². The van der Waals surface area contributed by atoms with Crippen molar-refractivity contribution in [2.75, 3.05) is 17.7 Å². The van der Waals surface area contributed by atoms with Crippen molar-refractivity contribution in [3.63, 3.8) is 0 Å². The monoisotopic (exact) mass is 294 g/mol. The SMILES string of the molecule is Cc1ccc(N(C)Cc2ccc(N)cc2C(F)(F)F)cc1. The molecule has 0 radical (unpaired) electrons. The van der Waals surface area contributed by atoms with Crippen LogP contribution in [0, 0.1) is 6.92 Å². The van der Waals surface area contributed by atoms with Gasteiger partial charge in [-0.15, -0.1) is 0 Å². The molecule has 0 atom stereocenters. The van der Waals surface area contributed by atoms with Crippen molar-refractivity contribution in [3.8, 4) is 0 Å². The molecule has 0 amide bonds. The average molecular weight is 294 g/mol. The molecule has 0 fully saturated rings. The zero-order chi connectivity index (χ0) is 15.6. The van der Waals surface area contributed by atoms with Crippen molar-refractivity contribution in [1.82, 2.24) is 0 Å². The van der Waals surface area contributed by atoms with E-state index in [2.05, 4.69) is 0 Å². The molecule has 0 saturated heterocycles. The summed E-state index contributed by atoms with van der Waals surface area (Å²) in [6.07, 6.45) is -4.40. The van der Waals surface area contributed by atoms with Gasteiger partial charge in [-0.3, -0.25) is 0 Å². The Kier molecular flexibility index (Phi) is 4.11. The molecule has 21 heavy (non-hydrogen) atoms. The Morgan fingerprint density at radius 3 is 2.24 bits per heavy atom. The maximum atomic E-state index is 13.1. The first-order chi connectivity index (χ1) is 9.77. The largest absolute Gasteiger partial charge is 0.416 e. The van der Waals surface area contributed by atoms with Crippen LogP contribution in [0.4, 0.5) is 24.5 Å². The summed E-state index contributed by atoms with van der Waals surface area (Å²) in [5.74, 6) is 0. The molecule has 0 heterocycles. The summed E-state index contributed by atoms with van der Waals surface area (Å²) >= 11 is 0. The van der Waals surface area contributed by atoms with Gasteiger partial charge in [0.05, 0.1) is 5.56 Å². The predicted octanol–water partition coefficient (Wildman–Crippen LogP) is 4.23. The van der Waals surface area contributed by atoms with Crippen LogP contribution < -0.4 is 10.6 Å². The van der Waals surface area contributed by atoms with Crippen LogP contribution in [-0.4, -0.2) is 7.05 Å². The Hall–Kier alpha value is -2.17. The maximum absolute atomic E-state index is 13.1. The molecule has 112 valence electrons. The molecule has 2 rings (SSSR count). The molecule has 0 unspecified atom stereocenters. The van der Waals surface area contributed by atoms with E-state index in [1.54, 1.807) is 11.9 Å². The molecule has 5 heteroatoms. The van der Waals surface area contributed by atoms with Gasteiger partial charge in [-0.1, -0.05) is 23.8 Å². The highest BCUT2D eigenvalue weighted by Crippen LogP contribution is 2.34. The number of rotatable bonds is 3. The van der Waals surface area contributed by atoms with Crippen molar-refractivity contribution in [1.29, 1.82) is 0 Å². The molecule has 0 spiro atoms. The summed E-state index contributed by atoms with van der Waals surface area (Å²) in [4.78, 5) is 1.78. The van der Waals surface area contributed by atoms with E-state index < -0.39 is 11.7 Å². The number of nitrogens with two attached hydrogens (primary N) is 1. The van der Waals surface area contributed by atoms with Crippen LogP contribution in [0.15, 0.2) is 42.5 Å². The number of aryl methyl sites for hydroxylation is 1. The molecule has 2 aromatic carbocycles. The highest BCUT2D eigenvalue weighted by atomic mass is 19.4. The normalized spacial score (nSPS) is 11.5. The standard InChI is InChI=1S/C16H17F3N2/c1-11-3-7-14(8-4-11)21(2)10-12-5-6-13(20)9-15(12)16(17,18)19/h3-9H,10,20H2,1-2H3. The minimum Gasteiger partial charge on any atom is -0.399 e. The second-order valence-electron chi connectivity index (χ2n) is 5.11. The quantitative estimate of drug-likeness (QED) is 0.858. The van der Waals surface area contributed by atoms with Gasteiger partial charge in [0, 0.05) is 25.0 Å². The Balaban J connectivity index is 2.29. The predicted molar refractivity (Wildman–Crippen MR) is 79.1 cm³/mol. The zero-order valence-corrected chi connectivity index (χ0v) is 11.9. The molecule has 2 aromatic rings. The van der Waals surface area contributed by atoms with Gasteiger partial charge in [0.15, 0.2) is 0 Å². The topological polar surface area (TPSA) is 29.3 Å². The Labute approximate surface area is 122 Å². The fourth-order valence-corrected chi connectivity index (χ4v) is 2.14. The average Bonchev–Trinajstić information content (AvgIpc) is 2.40. The zero-order valence-electron chi connectivity index (χ0n) is 11.9. The molecule has 2 nitrogen and oxygen atoms in total. The summed E-state index contributed by atoms with van der Waals surface area (Å²) in [5, 5.41) is 0. The van der Waals surface area contributed by atoms with E-state index in [0.29, 0.717) is 0 Å². The van der Waals surface area contributed by atoms with E-state index in [9.17, 15) is 13.2 Å². The summed E-state index contributed by atoms with van der Waals surface area (Å²) < 4.78 is 39.2. The van der Waals surface area contributed by atoms with Crippen LogP contribution in [-0.2, 0) is 12.7 Å². The highest BCUT2D eigenvalue weighted by Gasteiger charge is 2.33. The van der Waals surface area contributed by atoms with Gasteiger partial charge in [-0.25, -0.2) is 0 Å². The third-order valence-electron chi connectivity index (χ3n) is 3.32. The highest BCUT2D eigenvalue weighted by molar-refractivity contribution is 5.50. The van der Waals surface area contributed by atoms with Crippen molar-refractivity contribution < 1.29 is 13.2 Å². The van der Waals surface area contributed by atoms with Crippen LogP contribution in [0.1, 0.15) is 16.7 Å². The molecular formula is C16H17F3N2. The van der Waals surface area contributed by atoms with E-state index in [4.69, 9.17) is 5.73 Å². The fourth-order valence-electron chi connectivity index (χ4n) is 2.14. The number of nitrogens with zero attached hydrogens (tertiary/aromatic N) is 1. The van der Waals surface area contributed by atoms with Gasteiger partial charge in [0.25, 0.3) is 0 Å². The minimum absolute atomic E-state index is 0.115. The van der Waals surface area contributed by atoms with Crippen LogP contribution in [0.5, 0.6) is 0 Å². The number of benzene rings is 2. The lowest BCUT2D eigenvalue weighted by atomic mass is 10.1. The van der Waals surface area contributed by atoms with E-state index in [1.165, 1.54) is 12.1 Å². The molecule has 0 aliphatic heterocycles. The number of hydrogen-bond acceptors (Lipinski definition) is 2. The van der Waals surface area contributed by atoms with Crippen molar-refractivity contribution in [2.45, 2.75) is 19.6 Å². The number of anilines is 2. The molecule has 0 aromatic heterocycles. The Morgan fingerprint density at radius 2 is 1.67 bits per heavy atom. The number of alkyl halides is 3. The summed E-state index contributed by atoms with van der Waals surface area (Å²) in [6.45, 7) is 2.13. The lowest BCUT2D eigenvalue weighted by Crippen LogP contribution is -2.20.